The van der Waals surface area contributed by atoms with Crippen molar-refractivity contribution in [2.75, 3.05) is 79.3 Å². The number of hydrogen-bond acceptors (Lipinski definition) is 9. The maximum atomic E-state index is 13.3. The van der Waals surface area contributed by atoms with Crippen LogP contribution in [0.1, 0.15) is 37.0 Å². The predicted molar refractivity (Wildman–Crippen MR) is 217 cm³/mol. The minimum absolute atomic E-state index is 0.338. The standard InChI is InChI=1S/C37H74O9Si4/c1-11-13-30-48(5,6)32-27-42-23-19-40-21-25-44-29-34-50(9,10)46-37(38)35-16-14-15-17-36(35)45-49(7,8)33-28-43-24-20-39-18-22-41-26-31-47(3,4)12-2/h14-17H,11-13,18-34H2,1-10H3. The summed E-state index contributed by atoms with van der Waals surface area (Å²) in [5.74, 6) is 0.238. The van der Waals surface area contributed by atoms with Gasteiger partial charge < -0.3 is 37.3 Å². The molecule has 13 heteroatoms. The molecule has 292 valence electrons. The van der Waals surface area contributed by atoms with E-state index in [1.165, 1.54) is 37.0 Å². The fourth-order valence-electron chi connectivity index (χ4n) is 4.80. The Kier molecular flexibility index (Phi) is 24.5. The number of para-hydroxylation sites is 1. The van der Waals surface area contributed by atoms with Crippen LogP contribution < -0.4 is 4.43 Å². The van der Waals surface area contributed by atoms with Crippen LogP contribution in [-0.4, -0.2) is 118 Å². The summed E-state index contributed by atoms with van der Waals surface area (Å²) < 4.78 is 47.0. The summed E-state index contributed by atoms with van der Waals surface area (Å²) in [5, 5.41) is 0. The second-order valence-corrected chi connectivity index (χ2v) is 35.3. The summed E-state index contributed by atoms with van der Waals surface area (Å²) >= 11 is 0. The monoisotopic (exact) mass is 774 g/mol. The van der Waals surface area contributed by atoms with Gasteiger partial charge in [0.15, 0.2) is 0 Å². The molecule has 0 bridgehead atoms. The molecule has 0 amide bonds. The van der Waals surface area contributed by atoms with Crippen molar-refractivity contribution in [3.8, 4) is 5.75 Å². The third kappa shape index (κ3) is 24.4. The van der Waals surface area contributed by atoms with E-state index >= 15 is 0 Å². The summed E-state index contributed by atoms with van der Waals surface area (Å²) in [5.41, 5.74) is 0.467. The molecule has 1 aromatic carbocycles. The molecule has 0 aromatic heterocycles. The lowest BCUT2D eigenvalue weighted by atomic mass is 10.2. The van der Waals surface area contributed by atoms with E-state index in [9.17, 15) is 4.79 Å². The summed E-state index contributed by atoms with van der Waals surface area (Å²) in [7, 11) is -6.67. The zero-order valence-corrected chi connectivity index (χ0v) is 37.6. The van der Waals surface area contributed by atoms with Gasteiger partial charge in [-0.1, -0.05) is 77.1 Å². The Hall–Kier alpha value is -0.882. The van der Waals surface area contributed by atoms with E-state index in [1.807, 2.05) is 31.3 Å². The molecule has 0 saturated heterocycles. The van der Waals surface area contributed by atoms with E-state index in [1.54, 1.807) is 6.07 Å². The lowest BCUT2D eigenvalue weighted by Crippen LogP contribution is -2.37. The normalized spacial score (nSPS) is 12.8. The largest absolute Gasteiger partial charge is 0.543 e. The average Bonchev–Trinajstić information content (AvgIpc) is 3.04. The first-order chi connectivity index (χ1) is 23.6. The van der Waals surface area contributed by atoms with E-state index in [4.69, 9.17) is 37.3 Å². The first-order valence-corrected chi connectivity index (χ1v) is 32.2. The quantitative estimate of drug-likeness (QED) is 0.0526. The summed E-state index contributed by atoms with van der Waals surface area (Å²) in [6, 6.07) is 13.9. The molecule has 0 aliphatic rings. The topological polar surface area (TPSA) is 90.9 Å². The van der Waals surface area contributed by atoms with E-state index < -0.39 is 32.8 Å². The molecule has 0 aliphatic carbocycles. The third-order valence-electron chi connectivity index (χ3n) is 9.06. The summed E-state index contributed by atoms with van der Waals surface area (Å²) in [4.78, 5) is 13.3. The average molecular weight is 775 g/mol. The van der Waals surface area contributed by atoms with E-state index in [2.05, 4.69) is 53.1 Å². The van der Waals surface area contributed by atoms with Gasteiger partial charge in [0.2, 0.25) is 8.32 Å². The molecule has 0 atom stereocenters. The third-order valence-corrected chi connectivity index (χ3v) is 20.1. The van der Waals surface area contributed by atoms with Gasteiger partial charge in [-0.2, -0.15) is 0 Å². The second kappa shape index (κ2) is 26.0. The van der Waals surface area contributed by atoms with Gasteiger partial charge in [0.1, 0.15) is 5.75 Å². The van der Waals surface area contributed by atoms with Gasteiger partial charge in [-0.25, -0.2) is 4.79 Å². The first kappa shape index (κ1) is 47.1. The van der Waals surface area contributed by atoms with E-state index in [0.717, 1.165) is 19.3 Å². The Labute approximate surface area is 310 Å². The van der Waals surface area contributed by atoms with E-state index in [0.29, 0.717) is 83.4 Å². The number of carbonyl (C=O) groups excluding carboxylic acids is 1. The molecule has 0 fully saturated rings. The highest BCUT2D eigenvalue weighted by Crippen LogP contribution is 2.26. The zero-order valence-electron chi connectivity index (χ0n) is 33.6. The van der Waals surface area contributed by atoms with Crippen molar-refractivity contribution in [3.63, 3.8) is 0 Å². The maximum absolute atomic E-state index is 13.3. The fourth-order valence-corrected chi connectivity index (χ4v) is 11.0. The van der Waals surface area contributed by atoms with Gasteiger partial charge in [0.05, 0.1) is 58.4 Å². The van der Waals surface area contributed by atoms with Crippen molar-refractivity contribution in [1.82, 2.24) is 0 Å². The Bertz CT molecular complexity index is 1020. The van der Waals surface area contributed by atoms with Gasteiger partial charge >= 0.3 is 5.97 Å². The van der Waals surface area contributed by atoms with Gasteiger partial charge in [0.25, 0.3) is 8.32 Å². The smallest absolute Gasteiger partial charge is 0.328 e. The minimum Gasteiger partial charge on any atom is -0.543 e. The molecule has 1 rings (SSSR count). The Balaban J connectivity index is 2.26. The van der Waals surface area contributed by atoms with Crippen LogP contribution in [0.5, 0.6) is 5.75 Å². The van der Waals surface area contributed by atoms with Gasteiger partial charge in [0, 0.05) is 54.7 Å². The van der Waals surface area contributed by atoms with Gasteiger partial charge in [-0.05, 0) is 50.4 Å². The van der Waals surface area contributed by atoms with Gasteiger partial charge in [-0.15, -0.1) is 0 Å². The molecule has 1 aromatic rings. The molecule has 0 aliphatic heterocycles. The number of benzene rings is 1. The molecule has 0 N–H and O–H groups in total. The molecule has 0 radical (unpaired) electrons. The van der Waals surface area contributed by atoms with Crippen LogP contribution in [0.4, 0.5) is 0 Å². The van der Waals surface area contributed by atoms with Crippen LogP contribution in [0, 0.1) is 0 Å². The number of hydrogen-bond donors (Lipinski definition) is 0. The molecule has 50 heavy (non-hydrogen) atoms. The summed E-state index contributed by atoms with van der Waals surface area (Å²) in [6.07, 6.45) is 2.60. The van der Waals surface area contributed by atoms with Crippen LogP contribution in [0.3, 0.4) is 0 Å². The van der Waals surface area contributed by atoms with Crippen molar-refractivity contribution < 1.29 is 42.1 Å². The SMILES string of the molecule is CCCC[Si](C)(C)CCOCCOCCOCC[Si](C)(C)OC(=O)c1ccccc1O[Si](C)(C)CCOCCOCCOCC[Si](C)(C)CC. The number of rotatable bonds is 32. The van der Waals surface area contributed by atoms with Gasteiger partial charge in [-0.3, -0.25) is 0 Å². The van der Waals surface area contributed by atoms with Crippen molar-refractivity contribution in [1.29, 1.82) is 0 Å². The van der Waals surface area contributed by atoms with Crippen molar-refractivity contribution in [2.45, 2.75) is 115 Å². The lowest BCUT2D eigenvalue weighted by molar-refractivity contribution is 0.0189. The minimum atomic E-state index is -2.32. The Morgan fingerprint density at radius 1 is 0.520 bits per heavy atom. The zero-order chi connectivity index (χ0) is 37.4. The lowest BCUT2D eigenvalue weighted by Gasteiger charge is -2.27. The Morgan fingerprint density at radius 3 is 1.42 bits per heavy atom. The van der Waals surface area contributed by atoms with E-state index in [-0.39, 0.29) is 5.97 Å². The van der Waals surface area contributed by atoms with Crippen LogP contribution >= 0.6 is 0 Å². The fraction of sp³-hybridized carbons (Fsp3) is 0.811. The second-order valence-electron chi connectivity index (χ2n) is 16.0. The van der Waals surface area contributed by atoms with Crippen molar-refractivity contribution in [2.24, 2.45) is 0 Å². The predicted octanol–water partition coefficient (Wildman–Crippen LogP) is 8.97. The van der Waals surface area contributed by atoms with Crippen LogP contribution in [0.15, 0.2) is 24.3 Å². The highest BCUT2D eigenvalue weighted by atomic mass is 28.4. The molecule has 0 unspecified atom stereocenters. The highest BCUT2D eigenvalue weighted by molar-refractivity contribution is 6.77. The summed E-state index contributed by atoms with van der Waals surface area (Å²) in [6.45, 7) is 29.9. The van der Waals surface area contributed by atoms with Crippen molar-refractivity contribution >= 4 is 38.8 Å². The molecular weight excluding hydrogens is 701 g/mol. The van der Waals surface area contributed by atoms with Crippen LogP contribution in [0.25, 0.3) is 0 Å². The number of unbranched alkanes of at least 4 members (excludes halogenated alkanes) is 1. The van der Waals surface area contributed by atoms with Crippen LogP contribution in [-0.2, 0) is 32.8 Å². The first-order valence-electron chi connectivity index (χ1n) is 19.1. The number of ether oxygens (including phenoxy) is 6. The maximum Gasteiger partial charge on any atom is 0.328 e. The van der Waals surface area contributed by atoms with Crippen molar-refractivity contribution in [3.05, 3.63) is 29.8 Å². The highest BCUT2D eigenvalue weighted by Gasteiger charge is 2.31. The molecule has 9 nitrogen and oxygen atoms in total. The van der Waals surface area contributed by atoms with Crippen LogP contribution in [0.2, 0.25) is 88.6 Å². The molecular formula is C37H74O9Si4. The molecule has 0 spiro atoms. The number of carbonyl (C=O) groups is 1. The molecule has 0 heterocycles. The Morgan fingerprint density at radius 2 is 0.940 bits per heavy atom. The molecule has 0 saturated carbocycles.